The van der Waals surface area contributed by atoms with Crippen LogP contribution in [0.3, 0.4) is 0 Å². The van der Waals surface area contributed by atoms with Gasteiger partial charge in [0.15, 0.2) is 0 Å². The van der Waals surface area contributed by atoms with E-state index in [1.807, 2.05) is 29.4 Å². The highest BCUT2D eigenvalue weighted by Gasteiger charge is 2.23. The first-order valence-corrected chi connectivity index (χ1v) is 8.05. The van der Waals surface area contributed by atoms with Crippen molar-refractivity contribution in [2.75, 3.05) is 39.8 Å². The monoisotopic (exact) mass is 381 g/mol. The number of amides is 1. The standard InChI is InChI=1S/C14H18N2O4.C4H5N.ClH/c1-20-12-4-2-11(3-5-12)14(19)16-8-6-15(7-9-16)10-13(17)18;1-2-4-5-3-1;/h2-5H,6-10H2,1H3,(H,17,18);1-5H;1H. The number of benzene rings is 1. The Bertz CT molecular complexity index is 636. The van der Waals surface area contributed by atoms with Crippen molar-refractivity contribution in [3.8, 4) is 5.75 Å². The van der Waals surface area contributed by atoms with Crippen LogP contribution in [0.4, 0.5) is 0 Å². The van der Waals surface area contributed by atoms with Crippen molar-refractivity contribution in [2.24, 2.45) is 0 Å². The Kier molecular flexibility index (Phi) is 9.25. The number of carboxylic acids is 1. The number of carboxylic acid groups (broad SMARTS) is 1. The van der Waals surface area contributed by atoms with Gasteiger partial charge >= 0.3 is 5.97 Å². The maximum Gasteiger partial charge on any atom is 0.317 e. The first kappa shape index (κ1) is 21.5. The Morgan fingerprint density at radius 3 is 2.08 bits per heavy atom. The van der Waals surface area contributed by atoms with Crippen LogP contribution >= 0.6 is 12.4 Å². The van der Waals surface area contributed by atoms with E-state index in [1.54, 1.807) is 36.3 Å². The molecule has 1 aliphatic heterocycles. The van der Waals surface area contributed by atoms with E-state index in [0.29, 0.717) is 37.5 Å². The van der Waals surface area contributed by atoms with Crippen molar-refractivity contribution in [3.63, 3.8) is 0 Å². The summed E-state index contributed by atoms with van der Waals surface area (Å²) in [5, 5.41) is 8.73. The molecule has 0 saturated carbocycles. The summed E-state index contributed by atoms with van der Waals surface area (Å²) < 4.78 is 5.06. The third-order valence-corrected chi connectivity index (χ3v) is 3.85. The molecule has 2 N–H and O–H groups in total. The van der Waals surface area contributed by atoms with Gasteiger partial charge in [-0.1, -0.05) is 0 Å². The SMILES string of the molecule is COc1ccc(C(=O)N2CCN(CC(=O)O)CC2)cc1.Cl.c1cc[nH]c1. The van der Waals surface area contributed by atoms with Gasteiger partial charge in [-0.25, -0.2) is 0 Å². The van der Waals surface area contributed by atoms with E-state index in [0.717, 1.165) is 0 Å². The minimum Gasteiger partial charge on any atom is -0.497 e. The van der Waals surface area contributed by atoms with Crippen molar-refractivity contribution < 1.29 is 19.4 Å². The van der Waals surface area contributed by atoms with Crippen LogP contribution in [-0.2, 0) is 4.79 Å². The van der Waals surface area contributed by atoms with Gasteiger partial charge in [0, 0.05) is 44.1 Å². The molecule has 0 unspecified atom stereocenters. The number of piperazine rings is 1. The summed E-state index contributed by atoms with van der Waals surface area (Å²) in [6.07, 6.45) is 3.75. The van der Waals surface area contributed by atoms with Gasteiger partial charge in [0.1, 0.15) is 5.75 Å². The molecule has 8 heteroatoms. The normalized spacial score (nSPS) is 13.8. The second-order valence-corrected chi connectivity index (χ2v) is 5.58. The number of ether oxygens (including phenoxy) is 1. The molecule has 1 saturated heterocycles. The lowest BCUT2D eigenvalue weighted by Gasteiger charge is -2.33. The van der Waals surface area contributed by atoms with E-state index in [2.05, 4.69) is 4.98 Å². The first-order chi connectivity index (χ1) is 12.1. The highest BCUT2D eigenvalue weighted by Crippen LogP contribution is 2.14. The van der Waals surface area contributed by atoms with Gasteiger partial charge in [0.2, 0.25) is 0 Å². The van der Waals surface area contributed by atoms with Crippen molar-refractivity contribution >= 4 is 24.3 Å². The molecular formula is C18H24ClN3O4. The number of nitrogens with one attached hydrogen (secondary N) is 1. The molecule has 0 aliphatic carbocycles. The van der Waals surface area contributed by atoms with E-state index >= 15 is 0 Å². The average Bonchev–Trinajstić information content (AvgIpc) is 3.21. The number of hydrogen-bond donors (Lipinski definition) is 2. The lowest BCUT2D eigenvalue weighted by atomic mass is 10.1. The summed E-state index contributed by atoms with van der Waals surface area (Å²) in [4.78, 5) is 29.4. The number of rotatable bonds is 4. The van der Waals surface area contributed by atoms with Gasteiger partial charge in [0.05, 0.1) is 13.7 Å². The molecular weight excluding hydrogens is 358 g/mol. The maximum atomic E-state index is 12.3. The first-order valence-electron chi connectivity index (χ1n) is 8.05. The number of aromatic amines is 1. The minimum absolute atomic E-state index is 0. The molecule has 1 fully saturated rings. The van der Waals surface area contributed by atoms with Crippen molar-refractivity contribution in [3.05, 3.63) is 54.4 Å². The van der Waals surface area contributed by atoms with Crippen LogP contribution < -0.4 is 4.74 Å². The van der Waals surface area contributed by atoms with Crippen LogP contribution in [0.25, 0.3) is 0 Å². The highest BCUT2D eigenvalue weighted by atomic mass is 35.5. The molecule has 1 aliphatic rings. The van der Waals surface area contributed by atoms with Gasteiger partial charge < -0.3 is 19.7 Å². The molecule has 7 nitrogen and oxygen atoms in total. The Labute approximate surface area is 159 Å². The lowest BCUT2D eigenvalue weighted by Crippen LogP contribution is -2.49. The zero-order chi connectivity index (χ0) is 18.1. The van der Waals surface area contributed by atoms with Crippen LogP contribution in [0.15, 0.2) is 48.8 Å². The third kappa shape index (κ3) is 6.78. The molecule has 2 aromatic rings. The molecule has 2 heterocycles. The fourth-order valence-corrected chi connectivity index (χ4v) is 2.49. The Morgan fingerprint density at radius 1 is 1.08 bits per heavy atom. The molecule has 142 valence electrons. The maximum absolute atomic E-state index is 12.3. The Balaban J connectivity index is 0.000000486. The molecule has 0 bridgehead atoms. The number of H-pyrrole nitrogens is 1. The van der Waals surface area contributed by atoms with Crippen LogP contribution in [0, 0.1) is 0 Å². The van der Waals surface area contributed by atoms with Crippen LogP contribution in [0.2, 0.25) is 0 Å². The summed E-state index contributed by atoms with van der Waals surface area (Å²) in [5.41, 5.74) is 0.623. The van der Waals surface area contributed by atoms with Gasteiger partial charge in [-0.2, -0.15) is 0 Å². The number of methoxy groups -OCH3 is 1. The number of nitrogens with zero attached hydrogens (tertiary/aromatic N) is 2. The molecule has 1 aromatic carbocycles. The number of aromatic nitrogens is 1. The van der Waals surface area contributed by atoms with Crippen LogP contribution in [0.1, 0.15) is 10.4 Å². The molecule has 0 radical (unpaired) electrons. The summed E-state index contributed by atoms with van der Waals surface area (Å²) >= 11 is 0. The van der Waals surface area contributed by atoms with E-state index in [9.17, 15) is 9.59 Å². The zero-order valence-corrected chi connectivity index (χ0v) is 15.4. The quantitative estimate of drug-likeness (QED) is 0.845. The summed E-state index contributed by atoms with van der Waals surface area (Å²) in [5.74, 6) is -0.143. The molecule has 0 spiro atoms. The minimum atomic E-state index is -0.833. The van der Waals surface area contributed by atoms with Crippen molar-refractivity contribution in [2.45, 2.75) is 0 Å². The fourth-order valence-electron chi connectivity index (χ4n) is 2.49. The topological polar surface area (TPSA) is 85.9 Å². The van der Waals surface area contributed by atoms with Gasteiger partial charge in [0.25, 0.3) is 5.91 Å². The van der Waals surface area contributed by atoms with Crippen molar-refractivity contribution in [1.82, 2.24) is 14.8 Å². The second kappa shape index (κ2) is 11.2. The van der Waals surface area contributed by atoms with E-state index in [4.69, 9.17) is 9.84 Å². The Hall–Kier alpha value is -2.51. The average molecular weight is 382 g/mol. The number of carbonyl (C=O) groups excluding carboxylic acids is 1. The predicted molar refractivity (Wildman–Crippen MR) is 101 cm³/mol. The predicted octanol–water partition coefficient (Wildman–Crippen LogP) is 1.97. The largest absolute Gasteiger partial charge is 0.497 e. The van der Waals surface area contributed by atoms with Gasteiger partial charge in [-0.3, -0.25) is 14.5 Å². The lowest BCUT2D eigenvalue weighted by molar-refractivity contribution is -0.138. The molecule has 26 heavy (non-hydrogen) atoms. The summed E-state index contributed by atoms with van der Waals surface area (Å²) in [7, 11) is 1.58. The smallest absolute Gasteiger partial charge is 0.317 e. The highest BCUT2D eigenvalue weighted by molar-refractivity contribution is 5.94. The van der Waals surface area contributed by atoms with E-state index in [-0.39, 0.29) is 24.9 Å². The zero-order valence-electron chi connectivity index (χ0n) is 14.6. The van der Waals surface area contributed by atoms with Crippen LogP contribution in [0.5, 0.6) is 5.75 Å². The van der Waals surface area contributed by atoms with E-state index in [1.165, 1.54) is 0 Å². The summed E-state index contributed by atoms with van der Waals surface area (Å²) in [6, 6.07) is 10.9. The number of halogens is 1. The Morgan fingerprint density at radius 2 is 1.65 bits per heavy atom. The molecule has 3 rings (SSSR count). The van der Waals surface area contributed by atoms with Crippen molar-refractivity contribution in [1.29, 1.82) is 0 Å². The summed E-state index contributed by atoms with van der Waals surface area (Å²) in [6.45, 7) is 2.32. The molecule has 1 aromatic heterocycles. The number of aliphatic carboxylic acids is 1. The molecule has 1 amide bonds. The van der Waals surface area contributed by atoms with Gasteiger partial charge in [-0.05, 0) is 36.4 Å². The van der Waals surface area contributed by atoms with E-state index < -0.39 is 5.97 Å². The molecule has 0 atom stereocenters. The third-order valence-electron chi connectivity index (χ3n) is 3.85. The van der Waals surface area contributed by atoms with Gasteiger partial charge in [-0.15, -0.1) is 12.4 Å². The number of carbonyl (C=O) groups is 2. The number of hydrogen-bond acceptors (Lipinski definition) is 4. The van der Waals surface area contributed by atoms with Crippen LogP contribution in [-0.4, -0.2) is 71.6 Å². The second-order valence-electron chi connectivity index (χ2n) is 5.58. The fraction of sp³-hybridized carbons (Fsp3) is 0.333.